The van der Waals surface area contributed by atoms with Gasteiger partial charge in [0, 0.05) is 24.8 Å². The van der Waals surface area contributed by atoms with E-state index in [2.05, 4.69) is 25.9 Å². The lowest BCUT2D eigenvalue weighted by molar-refractivity contribution is 0.345. The number of hydrogen-bond donors (Lipinski definition) is 0. The monoisotopic (exact) mass is 403 g/mol. The highest BCUT2D eigenvalue weighted by molar-refractivity contribution is 7.89. The van der Waals surface area contributed by atoms with Gasteiger partial charge in [-0.25, -0.2) is 8.42 Å². The summed E-state index contributed by atoms with van der Waals surface area (Å²) < 4.78 is 28.9. The van der Waals surface area contributed by atoms with E-state index in [1.165, 1.54) is 22.5 Å². The number of hydrogen-bond acceptors (Lipinski definition) is 3. The molecule has 2 rings (SSSR count). The summed E-state index contributed by atoms with van der Waals surface area (Å²) in [6.45, 7) is 10.3. The molecule has 1 aromatic heterocycles. The molecule has 1 aromatic carbocycles. The number of nitrogens with zero attached hydrogens (tertiary/aromatic N) is 3. The highest BCUT2D eigenvalue weighted by atomic mass is 35.5. The number of rotatable bonds is 4. The first kappa shape index (κ1) is 20.2. The number of sulfonamides is 1. The van der Waals surface area contributed by atoms with Crippen molar-refractivity contribution in [2.24, 2.45) is 0 Å². The Morgan fingerprint density at radius 1 is 1.16 bits per heavy atom. The summed E-state index contributed by atoms with van der Waals surface area (Å²) in [6, 6.07) is 4.31. The van der Waals surface area contributed by atoms with Crippen LogP contribution in [0.3, 0.4) is 0 Å². The minimum Gasteiger partial charge on any atom is -0.264 e. The summed E-state index contributed by atoms with van der Waals surface area (Å²) in [4.78, 5) is 0.114. The predicted octanol–water partition coefficient (Wildman–Crippen LogP) is 4.38. The molecule has 138 valence electrons. The standard InChI is InChI=1S/C17H23Cl2N3O2S/c1-11-14(12(2)22(20-11)17(3,4)5)10-21(6)25(23,24)13-7-8-15(18)16(19)9-13/h7-9H,10H2,1-6H3. The van der Waals surface area contributed by atoms with Gasteiger partial charge < -0.3 is 0 Å². The van der Waals surface area contributed by atoms with E-state index >= 15 is 0 Å². The van der Waals surface area contributed by atoms with Crippen molar-refractivity contribution in [2.45, 2.75) is 51.6 Å². The Morgan fingerprint density at radius 2 is 1.76 bits per heavy atom. The number of halogens is 2. The van der Waals surface area contributed by atoms with Crippen molar-refractivity contribution in [1.29, 1.82) is 0 Å². The normalized spacial score (nSPS) is 12.8. The maximum Gasteiger partial charge on any atom is 0.243 e. The average Bonchev–Trinajstić information content (AvgIpc) is 2.77. The quantitative estimate of drug-likeness (QED) is 0.760. The second-order valence-corrected chi connectivity index (χ2v) is 9.93. The SMILES string of the molecule is Cc1nn(C(C)(C)C)c(C)c1CN(C)S(=O)(=O)c1ccc(Cl)c(Cl)c1. The second kappa shape index (κ2) is 6.91. The van der Waals surface area contributed by atoms with Gasteiger partial charge >= 0.3 is 0 Å². The van der Waals surface area contributed by atoms with Crippen LogP contribution in [0.15, 0.2) is 23.1 Å². The van der Waals surface area contributed by atoms with E-state index in [0.717, 1.165) is 17.0 Å². The molecule has 0 bridgehead atoms. The first-order valence-electron chi connectivity index (χ1n) is 7.82. The molecule has 0 N–H and O–H groups in total. The smallest absolute Gasteiger partial charge is 0.243 e. The maximum atomic E-state index is 12.8. The van der Waals surface area contributed by atoms with Gasteiger partial charge in [0.1, 0.15) is 0 Å². The predicted molar refractivity (Wildman–Crippen MR) is 102 cm³/mol. The number of aromatic nitrogens is 2. The molecule has 0 saturated heterocycles. The van der Waals surface area contributed by atoms with Crippen LogP contribution in [0, 0.1) is 13.8 Å². The maximum absolute atomic E-state index is 12.8. The van der Waals surface area contributed by atoms with E-state index in [0.29, 0.717) is 5.02 Å². The van der Waals surface area contributed by atoms with Crippen LogP contribution in [0.4, 0.5) is 0 Å². The van der Waals surface area contributed by atoms with Crippen molar-refractivity contribution < 1.29 is 8.42 Å². The lowest BCUT2D eigenvalue weighted by Crippen LogP contribution is -2.27. The summed E-state index contributed by atoms with van der Waals surface area (Å²) in [5.41, 5.74) is 2.51. The minimum absolute atomic E-state index is 0.114. The Hall–Kier alpha value is -1.08. The summed E-state index contributed by atoms with van der Waals surface area (Å²) in [5, 5.41) is 5.10. The Balaban J connectivity index is 2.38. The van der Waals surface area contributed by atoms with Crippen molar-refractivity contribution in [1.82, 2.24) is 14.1 Å². The van der Waals surface area contributed by atoms with Crippen LogP contribution in [0.1, 0.15) is 37.7 Å². The number of benzene rings is 1. The molecule has 0 aliphatic rings. The summed E-state index contributed by atoms with van der Waals surface area (Å²) in [7, 11) is -2.14. The Bertz CT molecular complexity index is 899. The molecule has 0 aliphatic heterocycles. The van der Waals surface area contributed by atoms with Crippen molar-refractivity contribution in [3.8, 4) is 0 Å². The van der Waals surface area contributed by atoms with Crippen molar-refractivity contribution in [2.75, 3.05) is 7.05 Å². The third-order valence-electron chi connectivity index (χ3n) is 4.06. The van der Waals surface area contributed by atoms with Crippen LogP contribution >= 0.6 is 23.2 Å². The lowest BCUT2D eigenvalue weighted by atomic mass is 10.1. The van der Waals surface area contributed by atoms with E-state index in [1.807, 2.05) is 18.5 Å². The fourth-order valence-corrected chi connectivity index (χ4v) is 4.21. The van der Waals surface area contributed by atoms with Gasteiger partial charge in [-0.3, -0.25) is 4.68 Å². The van der Waals surface area contributed by atoms with E-state index in [-0.39, 0.29) is 22.0 Å². The van der Waals surface area contributed by atoms with E-state index in [9.17, 15) is 8.42 Å². The Labute approximate surface area is 159 Å². The highest BCUT2D eigenvalue weighted by Crippen LogP contribution is 2.28. The van der Waals surface area contributed by atoms with Crippen LogP contribution in [0.25, 0.3) is 0 Å². The largest absolute Gasteiger partial charge is 0.264 e. The molecule has 2 aromatic rings. The fraction of sp³-hybridized carbons (Fsp3) is 0.471. The van der Waals surface area contributed by atoms with Gasteiger partial charge in [-0.05, 0) is 52.8 Å². The van der Waals surface area contributed by atoms with Gasteiger partial charge in [-0.1, -0.05) is 23.2 Å². The zero-order chi connectivity index (χ0) is 19.2. The molecule has 5 nitrogen and oxygen atoms in total. The average molecular weight is 404 g/mol. The first-order valence-corrected chi connectivity index (χ1v) is 10.0. The molecule has 0 atom stereocenters. The molecule has 0 saturated carbocycles. The zero-order valence-corrected chi connectivity index (χ0v) is 17.6. The third-order valence-corrected chi connectivity index (χ3v) is 6.60. The van der Waals surface area contributed by atoms with Crippen LogP contribution < -0.4 is 0 Å². The topological polar surface area (TPSA) is 55.2 Å². The number of aryl methyl sites for hydroxylation is 1. The minimum atomic E-state index is -3.68. The van der Waals surface area contributed by atoms with Crippen LogP contribution in [0.5, 0.6) is 0 Å². The van der Waals surface area contributed by atoms with Gasteiger partial charge in [0.15, 0.2) is 0 Å². The van der Waals surface area contributed by atoms with Gasteiger partial charge in [0.2, 0.25) is 10.0 Å². The first-order chi connectivity index (χ1) is 11.4. The highest BCUT2D eigenvalue weighted by Gasteiger charge is 2.26. The summed E-state index contributed by atoms with van der Waals surface area (Å²) in [5.74, 6) is 0. The van der Waals surface area contributed by atoms with E-state index in [4.69, 9.17) is 23.2 Å². The molecule has 0 aliphatic carbocycles. The Morgan fingerprint density at radius 3 is 2.24 bits per heavy atom. The van der Waals surface area contributed by atoms with Gasteiger partial charge in [0.25, 0.3) is 0 Å². The molecular formula is C17H23Cl2N3O2S. The van der Waals surface area contributed by atoms with Crippen molar-refractivity contribution >= 4 is 33.2 Å². The van der Waals surface area contributed by atoms with Crippen molar-refractivity contribution in [3.63, 3.8) is 0 Å². The summed E-state index contributed by atoms with van der Waals surface area (Å²) in [6.07, 6.45) is 0. The molecule has 0 fully saturated rings. The molecule has 0 amide bonds. The molecular weight excluding hydrogens is 381 g/mol. The van der Waals surface area contributed by atoms with Crippen LogP contribution in [-0.4, -0.2) is 29.6 Å². The van der Waals surface area contributed by atoms with Gasteiger partial charge in [-0.15, -0.1) is 0 Å². The Kier molecular flexibility index (Phi) is 5.59. The van der Waals surface area contributed by atoms with Crippen LogP contribution in [-0.2, 0) is 22.1 Å². The zero-order valence-electron chi connectivity index (χ0n) is 15.3. The van der Waals surface area contributed by atoms with Gasteiger partial charge in [-0.2, -0.15) is 9.40 Å². The third kappa shape index (κ3) is 4.03. The fourth-order valence-electron chi connectivity index (χ4n) is 2.68. The molecule has 0 spiro atoms. The molecule has 0 radical (unpaired) electrons. The summed E-state index contributed by atoms with van der Waals surface area (Å²) >= 11 is 11.8. The van der Waals surface area contributed by atoms with E-state index in [1.54, 1.807) is 7.05 Å². The van der Waals surface area contributed by atoms with E-state index < -0.39 is 10.0 Å². The van der Waals surface area contributed by atoms with Crippen molar-refractivity contribution in [3.05, 3.63) is 45.2 Å². The second-order valence-electron chi connectivity index (χ2n) is 7.07. The molecule has 25 heavy (non-hydrogen) atoms. The van der Waals surface area contributed by atoms with Gasteiger partial charge in [0.05, 0.1) is 26.2 Å². The molecule has 8 heteroatoms. The van der Waals surface area contributed by atoms with Crippen LogP contribution in [0.2, 0.25) is 10.0 Å². The lowest BCUT2D eigenvalue weighted by Gasteiger charge is -2.22. The molecule has 1 heterocycles. The molecule has 0 unspecified atom stereocenters.